The molecule has 2 heteroatoms. The van der Waals surface area contributed by atoms with Gasteiger partial charge in [0.2, 0.25) is 0 Å². The lowest BCUT2D eigenvalue weighted by Crippen LogP contribution is -2.74. The second kappa shape index (κ2) is 1.94. The summed E-state index contributed by atoms with van der Waals surface area (Å²) in [4.78, 5) is 11.3. The first-order valence-electron chi connectivity index (χ1n) is 5.21. The summed E-state index contributed by atoms with van der Waals surface area (Å²) in [6, 6.07) is 0. The minimum Gasteiger partial charge on any atom is -0.469 e. The van der Waals surface area contributed by atoms with Crippen LogP contribution >= 0.6 is 0 Å². The number of hydrogen-bond acceptors (Lipinski definition) is 2. The van der Waals surface area contributed by atoms with Gasteiger partial charge in [-0.3, -0.25) is 4.79 Å². The molecule has 13 heavy (non-hydrogen) atoms. The fraction of sp³-hybridized carbons (Fsp3) is 0.909. The normalized spacial score (nSPS) is 56.2. The number of hydrogen-bond donors (Lipinski definition) is 0. The van der Waals surface area contributed by atoms with Crippen LogP contribution in [0.2, 0.25) is 0 Å². The van der Waals surface area contributed by atoms with Gasteiger partial charge in [-0.2, -0.15) is 0 Å². The Morgan fingerprint density at radius 3 is 2.46 bits per heavy atom. The Hall–Kier alpha value is -0.530. The smallest absolute Gasteiger partial charge is 0.308 e. The van der Waals surface area contributed by atoms with Crippen molar-refractivity contribution in [3.05, 3.63) is 0 Å². The van der Waals surface area contributed by atoms with E-state index in [4.69, 9.17) is 4.74 Å². The summed E-state index contributed by atoms with van der Waals surface area (Å²) in [5.41, 5.74) is 1.20. The average molecular weight is 180 g/mol. The van der Waals surface area contributed by atoms with Gasteiger partial charge >= 0.3 is 5.97 Å². The SMILES string of the molecule is COC(=O)[C@@H]1CC23CC[C@@]2(C)C[C@H]13. The van der Waals surface area contributed by atoms with Gasteiger partial charge in [0.25, 0.3) is 0 Å². The Kier molecular flexibility index (Phi) is 1.17. The Morgan fingerprint density at radius 2 is 2.15 bits per heavy atom. The van der Waals surface area contributed by atoms with Crippen LogP contribution in [0.1, 0.15) is 32.6 Å². The molecule has 1 spiro atoms. The van der Waals surface area contributed by atoms with Crippen molar-refractivity contribution in [2.24, 2.45) is 22.7 Å². The predicted octanol–water partition coefficient (Wildman–Crippen LogP) is 1.99. The molecule has 1 unspecified atom stereocenters. The molecular formula is C11H16O2. The summed E-state index contributed by atoms with van der Waals surface area (Å²) in [6.45, 7) is 2.39. The molecule has 3 aliphatic carbocycles. The molecule has 0 heterocycles. The van der Waals surface area contributed by atoms with E-state index in [0.717, 1.165) is 6.42 Å². The van der Waals surface area contributed by atoms with Crippen LogP contribution in [0.25, 0.3) is 0 Å². The number of carbonyl (C=O) groups is 1. The monoisotopic (exact) mass is 180 g/mol. The lowest BCUT2D eigenvalue weighted by atomic mass is 9.24. The van der Waals surface area contributed by atoms with Crippen molar-refractivity contribution in [3.63, 3.8) is 0 Å². The summed E-state index contributed by atoms with van der Waals surface area (Å²) in [5.74, 6) is 0.960. The van der Waals surface area contributed by atoms with Crippen molar-refractivity contribution in [2.75, 3.05) is 7.11 Å². The predicted molar refractivity (Wildman–Crippen MR) is 48.0 cm³/mol. The highest BCUT2D eigenvalue weighted by Crippen LogP contribution is 2.83. The first-order valence-corrected chi connectivity index (χ1v) is 5.21. The molecule has 72 valence electrons. The molecule has 3 aliphatic rings. The number of carbonyl (C=O) groups excluding carboxylic acids is 1. The topological polar surface area (TPSA) is 26.3 Å². The fourth-order valence-corrected chi connectivity index (χ4v) is 4.16. The third-order valence-electron chi connectivity index (χ3n) is 5.28. The van der Waals surface area contributed by atoms with E-state index in [-0.39, 0.29) is 11.9 Å². The minimum absolute atomic E-state index is 0.0320. The number of ether oxygens (including phenoxy) is 1. The minimum atomic E-state index is 0.0320. The summed E-state index contributed by atoms with van der Waals surface area (Å²) >= 11 is 0. The molecule has 4 atom stereocenters. The molecule has 0 aromatic carbocycles. The van der Waals surface area contributed by atoms with Crippen molar-refractivity contribution in [1.82, 2.24) is 0 Å². The van der Waals surface area contributed by atoms with E-state index in [0.29, 0.717) is 16.7 Å². The van der Waals surface area contributed by atoms with Crippen LogP contribution in [0, 0.1) is 22.7 Å². The van der Waals surface area contributed by atoms with Crippen molar-refractivity contribution in [2.45, 2.75) is 32.6 Å². The van der Waals surface area contributed by atoms with E-state index in [2.05, 4.69) is 6.92 Å². The van der Waals surface area contributed by atoms with Gasteiger partial charge in [-0.1, -0.05) is 6.92 Å². The molecule has 0 radical (unpaired) electrons. The van der Waals surface area contributed by atoms with E-state index in [9.17, 15) is 4.79 Å². The molecule has 0 aromatic rings. The third-order valence-corrected chi connectivity index (χ3v) is 5.28. The van der Waals surface area contributed by atoms with Crippen LogP contribution in [0.3, 0.4) is 0 Å². The first kappa shape index (κ1) is 7.84. The van der Waals surface area contributed by atoms with E-state index < -0.39 is 0 Å². The van der Waals surface area contributed by atoms with Gasteiger partial charge in [0.1, 0.15) is 0 Å². The molecular weight excluding hydrogens is 164 g/mol. The molecule has 0 bridgehead atoms. The van der Waals surface area contributed by atoms with Gasteiger partial charge in [0.15, 0.2) is 0 Å². The van der Waals surface area contributed by atoms with E-state index in [1.54, 1.807) is 0 Å². The number of rotatable bonds is 1. The van der Waals surface area contributed by atoms with Gasteiger partial charge in [0.05, 0.1) is 13.0 Å². The molecule has 2 nitrogen and oxygen atoms in total. The van der Waals surface area contributed by atoms with Gasteiger partial charge in [-0.05, 0) is 42.4 Å². The quantitative estimate of drug-likeness (QED) is 0.577. The van der Waals surface area contributed by atoms with Crippen LogP contribution < -0.4 is 0 Å². The van der Waals surface area contributed by atoms with Crippen molar-refractivity contribution in [1.29, 1.82) is 0 Å². The Morgan fingerprint density at radius 1 is 1.38 bits per heavy atom. The summed E-state index contributed by atoms with van der Waals surface area (Å²) in [7, 11) is 1.51. The van der Waals surface area contributed by atoms with Crippen molar-refractivity contribution >= 4 is 5.97 Å². The van der Waals surface area contributed by atoms with Gasteiger partial charge in [-0.25, -0.2) is 0 Å². The molecule has 0 aliphatic heterocycles. The lowest BCUT2D eigenvalue weighted by molar-refractivity contribution is -0.310. The lowest BCUT2D eigenvalue weighted by Gasteiger charge is -2.79. The largest absolute Gasteiger partial charge is 0.469 e. The van der Waals surface area contributed by atoms with Crippen LogP contribution in [-0.4, -0.2) is 13.1 Å². The molecule has 0 saturated heterocycles. The Balaban J connectivity index is 1.75. The number of esters is 1. The van der Waals surface area contributed by atoms with Crippen molar-refractivity contribution in [3.8, 4) is 0 Å². The van der Waals surface area contributed by atoms with Gasteiger partial charge < -0.3 is 4.74 Å². The van der Waals surface area contributed by atoms with Crippen LogP contribution in [-0.2, 0) is 9.53 Å². The highest BCUT2D eigenvalue weighted by atomic mass is 16.5. The standard InChI is InChI=1S/C11H16O2/c1-10-3-4-11(10)5-7(8(11)6-10)9(12)13-2/h7-8H,3-6H2,1-2H3/t7-,8-,10+,11?/m1/s1. The van der Waals surface area contributed by atoms with Gasteiger partial charge in [-0.15, -0.1) is 0 Å². The van der Waals surface area contributed by atoms with Crippen LogP contribution in [0.4, 0.5) is 0 Å². The zero-order valence-electron chi connectivity index (χ0n) is 8.30. The second-order valence-corrected chi connectivity index (χ2v) is 5.36. The molecule has 3 saturated carbocycles. The number of methoxy groups -OCH3 is 1. The van der Waals surface area contributed by atoms with E-state index in [1.807, 2.05) is 0 Å². The zero-order valence-corrected chi connectivity index (χ0v) is 8.30. The highest BCUT2D eigenvalue weighted by molar-refractivity contribution is 5.75. The van der Waals surface area contributed by atoms with Crippen molar-refractivity contribution < 1.29 is 9.53 Å². The Bertz CT molecular complexity index is 286. The molecule has 3 fully saturated rings. The maximum atomic E-state index is 11.3. The summed E-state index contributed by atoms with van der Waals surface area (Å²) in [6.07, 6.45) is 5.13. The van der Waals surface area contributed by atoms with Crippen LogP contribution in [0.5, 0.6) is 0 Å². The molecule has 0 aromatic heterocycles. The van der Waals surface area contributed by atoms with Gasteiger partial charge in [0, 0.05) is 0 Å². The molecule has 0 N–H and O–H groups in total. The first-order chi connectivity index (χ1) is 6.13. The zero-order chi connectivity index (χ0) is 9.27. The second-order valence-electron chi connectivity index (χ2n) is 5.36. The van der Waals surface area contributed by atoms with E-state index in [1.165, 1.54) is 26.4 Å². The summed E-state index contributed by atoms with van der Waals surface area (Å²) < 4.78 is 4.81. The Labute approximate surface area is 78.6 Å². The third kappa shape index (κ3) is 0.598. The average Bonchev–Trinajstić information content (AvgIpc) is 2.10. The van der Waals surface area contributed by atoms with Crippen LogP contribution in [0.15, 0.2) is 0 Å². The fourth-order valence-electron chi connectivity index (χ4n) is 4.16. The summed E-state index contributed by atoms with van der Waals surface area (Å²) in [5, 5.41) is 0. The molecule has 0 amide bonds. The van der Waals surface area contributed by atoms with E-state index >= 15 is 0 Å². The highest BCUT2D eigenvalue weighted by Gasteiger charge is 2.77. The maximum Gasteiger partial charge on any atom is 0.308 e. The maximum absolute atomic E-state index is 11.3. The molecule has 3 rings (SSSR count).